The first-order chi connectivity index (χ1) is 35.6. The third kappa shape index (κ3) is 57.8. The lowest BCUT2D eigenvalue weighted by atomic mass is 10.0. The maximum absolute atomic E-state index is 12.9. The number of ether oxygens (including phenoxy) is 4. The topological polar surface area (TPSA) is 111 Å². The Hall–Kier alpha value is -1.71. The van der Waals surface area contributed by atoms with E-state index in [4.69, 9.17) is 18.9 Å². The van der Waals surface area contributed by atoms with Crippen LogP contribution in [0.25, 0.3) is 0 Å². The van der Waals surface area contributed by atoms with Crippen LogP contribution in [0, 0.1) is 0 Å². The number of aliphatic carboxylic acids is 1. The van der Waals surface area contributed by atoms with Crippen molar-refractivity contribution in [2.75, 3.05) is 47.5 Å². The smallest absolute Gasteiger partial charge is 0.306 e. The van der Waals surface area contributed by atoms with Gasteiger partial charge in [0.25, 0.3) is 0 Å². The molecule has 0 spiro atoms. The minimum absolute atomic E-state index is 0.153. The second-order valence-electron chi connectivity index (χ2n) is 23.4. The summed E-state index contributed by atoms with van der Waals surface area (Å²) in [5.41, 5.74) is 0. The molecule has 2 atom stereocenters. The molecule has 0 N–H and O–H groups in total. The number of hydrogen-bond acceptors (Lipinski definition) is 8. The van der Waals surface area contributed by atoms with Crippen molar-refractivity contribution >= 4 is 17.9 Å². The Kier molecular flexibility index (Phi) is 55.2. The number of unbranched alkanes of at least 4 members (excludes halogenated alkanes) is 46. The predicted molar refractivity (Wildman–Crippen MR) is 307 cm³/mol. The van der Waals surface area contributed by atoms with Crippen molar-refractivity contribution in [3.8, 4) is 0 Å². The Morgan fingerprint density at radius 3 is 0.877 bits per heavy atom. The predicted octanol–water partition coefficient (Wildman–Crippen LogP) is 17.8. The molecule has 0 amide bonds. The van der Waals surface area contributed by atoms with E-state index in [0.717, 1.165) is 38.5 Å². The highest BCUT2D eigenvalue weighted by atomic mass is 16.7. The number of esters is 2. The molecule has 9 heteroatoms. The van der Waals surface area contributed by atoms with Crippen LogP contribution in [0.3, 0.4) is 0 Å². The van der Waals surface area contributed by atoms with Crippen LogP contribution in [0.5, 0.6) is 0 Å². The molecule has 0 aliphatic heterocycles. The summed E-state index contributed by atoms with van der Waals surface area (Å²) in [5, 5.41) is 11.8. The quantitative estimate of drug-likeness (QED) is 0.0256. The van der Waals surface area contributed by atoms with Crippen LogP contribution in [0.1, 0.15) is 335 Å². The van der Waals surface area contributed by atoms with Gasteiger partial charge in [-0.2, -0.15) is 0 Å². The molecule has 0 radical (unpaired) electrons. The average Bonchev–Trinajstić information content (AvgIpc) is 3.36. The van der Waals surface area contributed by atoms with Crippen molar-refractivity contribution in [2.45, 2.75) is 347 Å². The minimum Gasteiger partial charge on any atom is -0.545 e. The first-order valence-electron chi connectivity index (χ1n) is 32.2. The molecule has 0 heterocycles. The van der Waals surface area contributed by atoms with E-state index in [1.54, 1.807) is 0 Å². The normalized spacial score (nSPS) is 12.6. The van der Waals surface area contributed by atoms with Crippen molar-refractivity contribution < 1.29 is 42.9 Å². The highest BCUT2D eigenvalue weighted by molar-refractivity contribution is 5.70. The van der Waals surface area contributed by atoms with Gasteiger partial charge in [-0.3, -0.25) is 9.59 Å². The molecule has 0 saturated carbocycles. The molecule has 2 unspecified atom stereocenters. The lowest BCUT2D eigenvalue weighted by Crippen LogP contribution is -2.44. The van der Waals surface area contributed by atoms with Crippen molar-refractivity contribution in [1.82, 2.24) is 0 Å². The van der Waals surface area contributed by atoms with Crippen molar-refractivity contribution in [1.29, 1.82) is 0 Å². The molecular weight excluding hydrogens is 911 g/mol. The SMILES string of the molecule is CCCCCCCCCCCCCCCCCCCCCCCCCCCCCCCCCCCCCCC(=O)OC(COC(=O)CCCCCCCCCCCCCC)COC(OCC[N+](C)(C)C)C(=O)[O-]. The number of quaternary nitrogens is 1. The molecule has 0 aliphatic carbocycles. The van der Waals surface area contributed by atoms with Gasteiger partial charge in [0.15, 0.2) is 12.4 Å². The largest absolute Gasteiger partial charge is 0.545 e. The van der Waals surface area contributed by atoms with E-state index < -0.39 is 24.3 Å². The summed E-state index contributed by atoms with van der Waals surface area (Å²) in [6.45, 7) is 4.80. The third-order valence-electron chi connectivity index (χ3n) is 14.9. The summed E-state index contributed by atoms with van der Waals surface area (Å²) >= 11 is 0. The number of carboxylic acids is 1. The Morgan fingerprint density at radius 2 is 0.616 bits per heavy atom. The number of rotatable bonds is 61. The van der Waals surface area contributed by atoms with Gasteiger partial charge in [-0.1, -0.05) is 309 Å². The van der Waals surface area contributed by atoms with E-state index in [9.17, 15) is 19.5 Å². The molecule has 0 aromatic rings. The average molecular weight is 1040 g/mol. The molecular formula is C64H125NO8. The van der Waals surface area contributed by atoms with Crippen LogP contribution in [0.15, 0.2) is 0 Å². The van der Waals surface area contributed by atoms with Gasteiger partial charge in [-0.05, 0) is 12.8 Å². The highest BCUT2D eigenvalue weighted by Gasteiger charge is 2.22. The van der Waals surface area contributed by atoms with E-state index in [0.29, 0.717) is 17.4 Å². The first kappa shape index (κ1) is 71.3. The standard InChI is InChI=1S/C64H125NO8/c1-6-8-10-12-14-16-18-20-21-22-23-24-25-26-27-28-29-30-31-32-33-34-35-36-37-38-39-40-41-42-43-45-47-49-51-53-55-62(67)73-60(59-72-64(63(68)69)70-57-56-65(3,4)5)58-71-61(66)54-52-50-48-46-44-19-17-15-13-11-9-7-2/h60,64H,6-59H2,1-5H3. The van der Waals surface area contributed by atoms with Crippen molar-refractivity contribution in [3.63, 3.8) is 0 Å². The van der Waals surface area contributed by atoms with Gasteiger partial charge in [0.2, 0.25) is 0 Å². The summed E-state index contributed by atoms with van der Waals surface area (Å²) in [4.78, 5) is 37.2. The van der Waals surface area contributed by atoms with Crippen LogP contribution < -0.4 is 5.11 Å². The van der Waals surface area contributed by atoms with Gasteiger partial charge in [0.05, 0.1) is 40.3 Å². The fraction of sp³-hybridized carbons (Fsp3) is 0.953. The van der Waals surface area contributed by atoms with E-state index >= 15 is 0 Å². The number of likely N-dealkylation sites (N-methyl/N-ethyl adjacent to an activating group) is 1. The maximum atomic E-state index is 12.9. The van der Waals surface area contributed by atoms with Gasteiger partial charge in [0, 0.05) is 12.8 Å². The molecule has 0 saturated heterocycles. The third-order valence-corrected chi connectivity index (χ3v) is 14.9. The zero-order chi connectivity index (χ0) is 53.4. The highest BCUT2D eigenvalue weighted by Crippen LogP contribution is 2.19. The van der Waals surface area contributed by atoms with Crippen LogP contribution in [0.4, 0.5) is 0 Å². The second kappa shape index (κ2) is 56.5. The molecule has 0 bridgehead atoms. The number of carbonyl (C=O) groups excluding carboxylic acids is 3. The van der Waals surface area contributed by atoms with Gasteiger partial charge in [-0.25, -0.2) is 0 Å². The molecule has 434 valence electrons. The van der Waals surface area contributed by atoms with Crippen molar-refractivity contribution in [2.24, 2.45) is 0 Å². The first-order valence-corrected chi connectivity index (χ1v) is 32.2. The number of hydrogen-bond donors (Lipinski definition) is 0. The fourth-order valence-electron chi connectivity index (χ4n) is 9.89. The molecule has 73 heavy (non-hydrogen) atoms. The Labute approximate surface area is 453 Å². The summed E-state index contributed by atoms with van der Waals surface area (Å²) < 4.78 is 22.7. The Bertz CT molecular complexity index is 1160. The van der Waals surface area contributed by atoms with Gasteiger partial charge < -0.3 is 33.3 Å². The number of carboxylic acid groups (broad SMARTS) is 1. The molecule has 0 aromatic carbocycles. The van der Waals surface area contributed by atoms with Crippen molar-refractivity contribution in [3.05, 3.63) is 0 Å². The van der Waals surface area contributed by atoms with E-state index in [-0.39, 0.29) is 32.2 Å². The number of nitrogens with zero attached hydrogens (tertiary/aromatic N) is 1. The number of carbonyl (C=O) groups is 3. The van der Waals surface area contributed by atoms with Crippen LogP contribution >= 0.6 is 0 Å². The molecule has 0 aromatic heterocycles. The second-order valence-corrected chi connectivity index (χ2v) is 23.4. The lowest BCUT2D eigenvalue weighted by molar-refractivity contribution is -0.870. The molecule has 0 fully saturated rings. The summed E-state index contributed by atoms with van der Waals surface area (Å²) in [6.07, 6.45) is 62.0. The lowest BCUT2D eigenvalue weighted by Gasteiger charge is -2.26. The molecule has 9 nitrogen and oxygen atoms in total. The van der Waals surface area contributed by atoms with E-state index in [1.807, 2.05) is 21.1 Å². The summed E-state index contributed by atoms with van der Waals surface area (Å²) in [7, 11) is 5.93. The van der Waals surface area contributed by atoms with Gasteiger partial charge in [-0.15, -0.1) is 0 Å². The van der Waals surface area contributed by atoms with E-state index in [1.165, 1.54) is 270 Å². The summed E-state index contributed by atoms with van der Waals surface area (Å²) in [6, 6.07) is 0. The van der Waals surface area contributed by atoms with Crippen LogP contribution in [-0.2, 0) is 33.3 Å². The monoisotopic (exact) mass is 1040 g/mol. The van der Waals surface area contributed by atoms with Gasteiger partial charge >= 0.3 is 11.9 Å². The Morgan fingerprint density at radius 1 is 0.356 bits per heavy atom. The van der Waals surface area contributed by atoms with E-state index in [2.05, 4.69) is 13.8 Å². The zero-order valence-electron chi connectivity index (χ0n) is 49.6. The molecule has 0 rings (SSSR count). The maximum Gasteiger partial charge on any atom is 0.306 e. The zero-order valence-corrected chi connectivity index (χ0v) is 49.6. The van der Waals surface area contributed by atoms with Crippen LogP contribution in [0.2, 0.25) is 0 Å². The molecule has 0 aliphatic rings. The summed E-state index contributed by atoms with van der Waals surface area (Å²) in [5.74, 6) is -2.25. The van der Waals surface area contributed by atoms with Gasteiger partial charge in [0.1, 0.15) is 13.2 Å². The minimum atomic E-state index is -1.61. The fourth-order valence-corrected chi connectivity index (χ4v) is 9.89. The Balaban J connectivity index is 3.91. The van der Waals surface area contributed by atoms with Crippen LogP contribution in [-0.4, -0.2) is 82.3 Å².